The van der Waals surface area contributed by atoms with Crippen molar-refractivity contribution < 1.29 is 9.53 Å². The van der Waals surface area contributed by atoms with Crippen molar-refractivity contribution in [3.63, 3.8) is 0 Å². The lowest BCUT2D eigenvalue weighted by molar-refractivity contribution is 0.200. The van der Waals surface area contributed by atoms with Crippen molar-refractivity contribution in [2.75, 3.05) is 6.54 Å². The van der Waals surface area contributed by atoms with E-state index in [4.69, 9.17) is 4.74 Å². The lowest BCUT2D eigenvalue weighted by Crippen LogP contribution is -2.28. The number of hydrogen-bond donors (Lipinski definition) is 1. The fourth-order valence-electron chi connectivity index (χ4n) is 1.72. The highest BCUT2D eigenvalue weighted by Gasteiger charge is 2.06. The number of benzene rings is 1. The molecule has 0 spiro atoms. The Kier molecular flexibility index (Phi) is 4.52. The molecule has 0 saturated carbocycles. The van der Waals surface area contributed by atoms with E-state index in [0.29, 0.717) is 12.3 Å². The molecule has 0 saturated heterocycles. The fraction of sp³-hybridized carbons (Fsp3) is 0.286. The third-order valence-electron chi connectivity index (χ3n) is 2.57. The number of aryl methyl sites for hydroxylation is 2. The first-order valence-corrected chi connectivity index (χ1v) is 6.90. The van der Waals surface area contributed by atoms with E-state index in [0.717, 1.165) is 17.1 Å². The summed E-state index contributed by atoms with van der Waals surface area (Å²) in [6.45, 7) is 4.52. The minimum absolute atomic E-state index is 0.426. The SMILES string of the molecule is Cc1nc(C)c(CCNC(=O)Oc2ccccc2)s1. The minimum Gasteiger partial charge on any atom is -0.410 e. The molecule has 0 unspecified atom stereocenters. The van der Waals surface area contributed by atoms with Crippen LogP contribution in [0.25, 0.3) is 0 Å². The number of ether oxygens (including phenoxy) is 1. The van der Waals surface area contributed by atoms with Crippen molar-refractivity contribution in [3.05, 3.63) is 45.9 Å². The molecule has 19 heavy (non-hydrogen) atoms. The standard InChI is InChI=1S/C14H16N2O2S/c1-10-13(19-11(2)16-10)8-9-15-14(17)18-12-6-4-3-5-7-12/h3-7H,8-9H2,1-2H3,(H,15,17). The van der Waals surface area contributed by atoms with E-state index in [1.165, 1.54) is 4.88 Å². The van der Waals surface area contributed by atoms with Gasteiger partial charge in [0.1, 0.15) is 5.75 Å². The van der Waals surface area contributed by atoms with E-state index in [2.05, 4.69) is 10.3 Å². The van der Waals surface area contributed by atoms with Crippen LogP contribution in [0.5, 0.6) is 5.75 Å². The predicted molar refractivity (Wildman–Crippen MR) is 75.8 cm³/mol. The van der Waals surface area contributed by atoms with E-state index in [9.17, 15) is 4.79 Å². The van der Waals surface area contributed by atoms with Gasteiger partial charge in [0.15, 0.2) is 0 Å². The summed E-state index contributed by atoms with van der Waals surface area (Å²) in [4.78, 5) is 17.1. The van der Waals surface area contributed by atoms with Crippen molar-refractivity contribution in [3.8, 4) is 5.75 Å². The van der Waals surface area contributed by atoms with E-state index >= 15 is 0 Å². The molecule has 0 atom stereocenters. The Hall–Kier alpha value is -1.88. The Labute approximate surface area is 116 Å². The number of nitrogens with one attached hydrogen (secondary N) is 1. The predicted octanol–water partition coefficient (Wildman–Crippen LogP) is 3.09. The van der Waals surface area contributed by atoms with Gasteiger partial charge in [0.05, 0.1) is 10.7 Å². The molecule has 0 radical (unpaired) electrons. The second-order valence-corrected chi connectivity index (χ2v) is 5.41. The molecule has 2 aromatic rings. The van der Waals surface area contributed by atoms with Crippen molar-refractivity contribution in [1.29, 1.82) is 0 Å². The molecule has 1 heterocycles. The summed E-state index contributed by atoms with van der Waals surface area (Å²) in [5, 5.41) is 3.79. The van der Waals surface area contributed by atoms with Gasteiger partial charge in [0.25, 0.3) is 0 Å². The lowest BCUT2D eigenvalue weighted by Gasteiger charge is -2.05. The smallest absolute Gasteiger partial charge is 0.410 e. The van der Waals surface area contributed by atoms with Crippen LogP contribution >= 0.6 is 11.3 Å². The van der Waals surface area contributed by atoms with Crippen LogP contribution in [0.4, 0.5) is 4.79 Å². The highest BCUT2D eigenvalue weighted by atomic mass is 32.1. The first-order chi connectivity index (χ1) is 9.15. The molecular formula is C14H16N2O2S. The Morgan fingerprint density at radius 3 is 2.68 bits per heavy atom. The van der Waals surface area contributed by atoms with Crippen molar-refractivity contribution in [1.82, 2.24) is 10.3 Å². The van der Waals surface area contributed by atoms with Gasteiger partial charge in [-0.05, 0) is 26.0 Å². The summed E-state index contributed by atoms with van der Waals surface area (Å²) in [5.74, 6) is 0.546. The monoisotopic (exact) mass is 276 g/mol. The molecule has 0 aliphatic rings. The van der Waals surface area contributed by atoms with Crippen LogP contribution in [-0.2, 0) is 6.42 Å². The van der Waals surface area contributed by atoms with Gasteiger partial charge < -0.3 is 10.1 Å². The van der Waals surface area contributed by atoms with Gasteiger partial charge in [0.2, 0.25) is 0 Å². The van der Waals surface area contributed by atoms with E-state index in [1.54, 1.807) is 23.5 Å². The van der Waals surface area contributed by atoms with Gasteiger partial charge in [-0.15, -0.1) is 11.3 Å². The summed E-state index contributed by atoms with van der Waals surface area (Å²) in [6.07, 6.45) is 0.353. The average Bonchev–Trinajstić information content (AvgIpc) is 2.69. The van der Waals surface area contributed by atoms with Crippen molar-refractivity contribution in [2.45, 2.75) is 20.3 Å². The zero-order chi connectivity index (χ0) is 13.7. The number of aromatic nitrogens is 1. The molecular weight excluding hydrogens is 260 g/mol. The van der Waals surface area contributed by atoms with Gasteiger partial charge in [-0.1, -0.05) is 18.2 Å². The highest BCUT2D eigenvalue weighted by Crippen LogP contribution is 2.17. The highest BCUT2D eigenvalue weighted by molar-refractivity contribution is 7.11. The Morgan fingerprint density at radius 2 is 2.05 bits per heavy atom. The van der Waals surface area contributed by atoms with Crippen LogP contribution in [-0.4, -0.2) is 17.6 Å². The van der Waals surface area contributed by atoms with Crippen molar-refractivity contribution >= 4 is 17.4 Å². The molecule has 2 rings (SSSR count). The topological polar surface area (TPSA) is 51.2 Å². The molecule has 0 aliphatic carbocycles. The minimum atomic E-state index is -0.426. The number of hydrogen-bond acceptors (Lipinski definition) is 4. The normalized spacial score (nSPS) is 10.2. The third kappa shape index (κ3) is 4.06. The number of amides is 1. The number of rotatable bonds is 4. The molecule has 0 fully saturated rings. The first kappa shape index (κ1) is 13.5. The summed E-state index contributed by atoms with van der Waals surface area (Å²) < 4.78 is 5.13. The van der Waals surface area contributed by atoms with Crippen LogP contribution in [0.3, 0.4) is 0 Å². The van der Waals surface area contributed by atoms with Crippen molar-refractivity contribution in [2.24, 2.45) is 0 Å². The summed E-state index contributed by atoms with van der Waals surface area (Å²) in [5.41, 5.74) is 1.04. The summed E-state index contributed by atoms with van der Waals surface area (Å²) in [6, 6.07) is 9.02. The number of carbonyl (C=O) groups excluding carboxylic acids is 1. The second-order valence-electron chi connectivity index (χ2n) is 4.12. The molecule has 5 heteroatoms. The van der Waals surface area contributed by atoms with E-state index < -0.39 is 6.09 Å². The van der Waals surface area contributed by atoms with Crippen LogP contribution in [0.2, 0.25) is 0 Å². The Bertz CT molecular complexity index is 552. The number of nitrogens with zero attached hydrogens (tertiary/aromatic N) is 1. The molecule has 100 valence electrons. The lowest BCUT2D eigenvalue weighted by atomic mass is 10.3. The Morgan fingerprint density at radius 1 is 1.32 bits per heavy atom. The third-order valence-corrected chi connectivity index (χ3v) is 3.71. The second kappa shape index (κ2) is 6.33. The largest absolute Gasteiger partial charge is 0.412 e. The molecule has 1 amide bonds. The zero-order valence-electron chi connectivity index (χ0n) is 11.0. The zero-order valence-corrected chi connectivity index (χ0v) is 11.8. The van der Waals surface area contributed by atoms with Gasteiger partial charge in [-0.3, -0.25) is 0 Å². The molecule has 1 aromatic heterocycles. The van der Waals surface area contributed by atoms with E-state index in [-0.39, 0.29) is 0 Å². The summed E-state index contributed by atoms with van der Waals surface area (Å²) in [7, 11) is 0. The maximum absolute atomic E-state index is 11.5. The molecule has 1 aromatic carbocycles. The molecule has 0 aliphatic heterocycles. The maximum Gasteiger partial charge on any atom is 0.412 e. The van der Waals surface area contributed by atoms with Gasteiger partial charge >= 0.3 is 6.09 Å². The summed E-state index contributed by atoms with van der Waals surface area (Å²) >= 11 is 1.67. The Balaban J connectivity index is 1.77. The van der Waals surface area contributed by atoms with Gasteiger partial charge in [-0.25, -0.2) is 9.78 Å². The molecule has 0 bridgehead atoms. The van der Waals surface area contributed by atoms with Crippen LogP contribution in [0, 0.1) is 13.8 Å². The average molecular weight is 276 g/mol. The number of carbonyl (C=O) groups is 1. The van der Waals surface area contributed by atoms with Crippen LogP contribution in [0.15, 0.2) is 30.3 Å². The first-order valence-electron chi connectivity index (χ1n) is 6.09. The maximum atomic E-state index is 11.5. The van der Waals surface area contributed by atoms with Gasteiger partial charge in [0, 0.05) is 17.8 Å². The van der Waals surface area contributed by atoms with Crippen LogP contribution < -0.4 is 10.1 Å². The molecule has 1 N–H and O–H groups in total. The van der Waals surface area contributed by atoms with Crippen LogP contribution in [0.1, 0.15) is 15.6 Å². The van der Waals surface area contributed by atoms with E-state index in [1.807, 2.05) is 32.0 Å². The van der Waals surface area contributed by atoms with Gasteiger partial charge in [-0.2, -0.15) is 0 Å². The molecule has 4 nitrogen and oxygen atoms in total. The number of thiazole rings is 1. The fourth-order valence-corrected chi connectivity index (χ4v) is 2.65. The number of para-hydroxylation sites is 1. The quantitative estimate of drug-likeness (QED) is 0.933.